The lowest BCUT2D eigenvalue weighted by atomic mass is 9.90. The Balaban J connectivity index is 1.82. The fraction of sp³-hybridized carbons (Fsp3) is 0.769. The first-order valence-electron chi connectivity index (χ1n) is 6.60. The third-order valence-corrected chi connectivity index (χ3v) is 3.86. The maximum Gasteiger partial charge on any atom is 0.0522 e. The molecule has 2 rings (SSSR count). The van der Waals surface area contributed by atoms with E-state index in [1.807, 2.05) is 17.9 Å². The second-order valence-corrected chi connectivity index (χ2v) is 5.27. The van der Waals surface area contributed by atoms with E-state index in [0.29, 0.717) is 12.1 Å². The summed E-state index contributed by atoms with van der Waals surface area (Å²) in [6, 6.07) is 0.933. The third-order valence-electron chi connectivity index (χ3n) is 3.86. The van der Waals surface area contributed by atoms with Crippen LogP contribution < -0.4 is 5.73 Å². The van der Waals surface area contributed by atoms with E-state index in [-0.39, 0.29) is 0 Å². The number of nitrogens with zero attached hydrogens (tertiary/aromatic N) is 3. The van der Waals surface area contributed by atoms with E-state index in [1.165, 1.54) is 31.2 Å². The third kappa shape index (κ3) is 3.30. The van der Waals surface area contributed by atoms with Crippen LogP contribution in [0.1, 0.15) is 31.2 Å². The molecule has 4 heteroatoms. The molecule has 2 N–H and O–H groups in total. The Bertz CT molecular complexity index is 347. The zero-order chi connectivity index (χ0) is 12.3. The number of aromatic nitrogens is 2. The largest absolute Gasteiger partial charge is 0.326 e. The number of rotatable bonds is 4. The van der Waals surface area contributed by atoms with Crippen molar-refractivity contribution >= 4 is 0 Å². The Labute approximate surface area is 104 Å². The highest BCUT2D eigenvalue weighted by molar-refractivity contribution is 5.04. The minimum atomic E-state index is 0.364. The van der Waals surface area contributed by atoms with Crippen LogP contribution in [0, 0.1) is 0 Å². The molecule has 0 amide bonds. The molecule has 17 heavy (non-hydrogen) atoms. The number of nitrogens with two attached hydrogens (primary N) is 1. The molecule has 96 valence electrons. The highest BCUT2D eigenvalue weighted by Crippen LogP contribution is 2.21. The zero-order valence-corrected chi connectivity index (χ0v) is 11.0. The number of hydrogen-bond donors (Lipinski definition) is 1. The van der Waals surface area contributed by atoms with Gasteiger partial charge in [0.05, 0.1) is 6.20 Å². The fourth-order valence-corrected chi connectivity index (χ4v) is 2.76. The van der Waals surface area contributed by atoms with Gasteiger partial charge in [0.25, 0.3) is 0 Å². The lowest BCUT2D eigenvalue weighted by Gasteiger charge is -2.36. The van der Waals surface area contributed by atoms with Crippen molar-refractivity contribution in [3.63, 3.8) is 0 Å². The Hall–Kier alpha value is -0.870. The molecule has 1 saturated carbocycles. The van der Waals surface area contributed by atoms with Gasteiger partial charge < -0.3 is 10.6 Å². The number of aryl methyl sites for hydroxylation is 1. The normalized spacial score (nSPS) is 25.4. The summed E-state index contributed by atoms with van der Waals surface area (Å²) in [5, 5.41) is 4.20. The lowest BCUT2D eigenvalue weighted by molar-refractivity contribution is 0.171. The van der Waals surface area contributed by atoms with Gasteiger partial charge in [-0.25, -0.2) is 0 Å². The van der Waals surface area contributed by atoms with Crippen molar-refractivity contribution in [1.82, 2.24) is 14.7 Å². The summed E-state index contributed by atoms with van der Waals surface area (Å²) in [4.78, 5) is 2.43. The van der Waals surface area contributed by atoms with Gasteiger partial charge in [0.1, 0.15) is 0 Å². The average Bonchev–Trinajstić information content (AvgIpc) is 2.73. The first kappa shape index (κ1) is 12.6. The summed E-state index contributed by atoms with van der Waals surface area (Å²) < 4.78 is 1.86. The van der Waals surface area contributed by atoms with Crippen molar-refractivity contribution in [2.24, 2.45) is 12.8 Å². The SMILES string of the molecule is CN(CCc1cnn(C)c1)C1CCCCC1N. The van der Waals surface area contributed by atoms with Crippen molar-refractivity contribution in [3.05, 3.63) is 18.0 Å². The van der Waals surface area contributed by atoms with Crippen molar-refractivity contribution < 1.29 is 0 Å². The average molecular weight is 236 g/mol. The second-order valence-electron chi connectivity index (χ2n) is 5.27. The van der Waals surface area contributed by atoms with E-state index >= 15 is 0 Å². The van der Waals surface area contributed by atoms with Crippen LogP contribution in [-0.2, 0) is 13.5 Å². The van der Waals surface area contributed by atoms with Gasteiger partial charge in [0.15, 0.2) is 0 Å². The van der Waals surface area contributed by atoms with Gasteiger partial charge in [-0.2, -0.15) is 5.10 Å². The van der Waals surface area contributed by atoms with Gasteiger partial charge >= 0.3 is 0 Å². The monoisotopic (exact) mass is 236 g/mol. The quantitative estimate of drug-likeness (QED) is 0.853. The summed E-state index contributed by atoms with van der Waals surface area (Å²) in [6.07, 6.45) is 10.2. The molecule has 1 aromatic heterocycles. The predicted molar refractivity (Wildman–Crippen MR) is 69.8 cm³/mol. The molecule has 0 radical (unpaired) electrons. The smallest absolute Gasteiger partial charge is 0.0522 e. The zero-order valence-electron chi connectivity index (χ0n) is 11.0. The molecule has 1 fully saturated rings. The molecule has 2 atom stereocenters. The molecule has 0 saturated heterocycles. The van der Waals surface area contributed by atoms with Crippen LogP contribution in [0.25, 0.3) is 0 Å². The van der Waals surface area contributed by atoms with Crippen LogP contribution in [-0.4, -0.2) is 40.4 Å². The minimum Gasteiger partial charge on any atom is -0.326 e. The highest BCUT2D eigenvalue weighted by Gasteiger charge is 2.24. The predicted octanol–water partition coefficient (Wildman–Crippen LogP) is 1.16. The molecule has 0 aliphatic heterocycles. The van der Waals surface area contributed by atoms with Gasteiger partial charge in [-0.05, 0) is 31.9 Å². The molecule has 4 nitrogen and oxygen atoms in total. The molecule has 0 spiro atoms. The Morgan fingerprint density at radius 1 is 1.47 bits per heavy atom. The summed E-state index contributed by atoms with van der Waals surface area (Å²) in [5.74, 6) is 0. The second kappa shape index (κ2) is 5.65. The van der Waals surface area contributed by atoms with Crippen LogP contribution in [0.5, 0.6) is 0 Å². The maximum absolute atomic E-state index is 6.19. The van der Waals surface area contributed by atoms with Gasteiger partial charge in [-0.3, -0.25) is 4.68 Å². The molecule has 1 aromatic rings. The molecule has 2 unspecified atom stereocenters. The van der Waals surface area contributed by atoms with E-state index in [4.69, 9.17) is 5.73 Å². The van der Waals surface area contributed by atoms with Crippen molar-refractivity contribution in [1.29, 1.82) is 0 Å². The van der Waals surface area contributed by atoms with Gasteiger partial charge in [0.2, 0.25) is 0 Å². The molecular formula is C13H24N4. The van der Waals surface area contributed by atoms with E-state index in [0.717, 1.165) is 13.0 Å². The van der Waals surface area contributed by atoms with Gasteiger partial charge in [0, 0.05) is 31.9 Å². The Morgan fingerprint density at radius 2 is 2.24 bits per heavy atom. The molecule has 1 aliphatic rings. The molecule has 0 aromatic carbocycles. The van der Waals surface area contributed by atoms with Crippen LogP contribution in [0.2, 0.25) is 0 Å². The van der Waals surface area contributed by atoms with E-state index in [9.17, 15) is 0 Å². The molecule has 1 aliphatic carbocycles. The van der Waals surface area contributed by atoms with Gasteiger partial charge in [-0.1, -0.05) is 12.8 Å². The summed E-state index contributed by atoms with van der Waals surface area (Å²) in [7, 11) is 4.16. The van der Waals surface area contributed by atoms with Crippen LogP contribution in [0.15, 0.2) is 12.4 Å². The Morgan fingerprint density at radius 3 is 2.88 bits per heavy atom. The summed E-state index contributed by atoms with van der Waals surface area (Å²) in [6.45, 7) is 1.07. The number of likely N-dealkylation sites (N-methyl/N-ethyl adjacent to an activating group) is 1. The number of hydrogen-bond acceptors (Lipinski definition) is 3. The summed E-state index contributed by atoms with van der Waals surface area (Å²) >= 11 is 0. The van der Waals surface area contributed by atoms with Gasteiger partial charge in [-0.15, -0.1) is 0 Å². The van der Waals surface area contributed by atoms with E-state index in [2.05, 4.69) is 23.2 Å². The van der Waals surface area contributed by atoms with E-state index in [1.54, 1.807) is 0 Å². The molecular weight excluding hydrogens is 212 g/mol. The molecule has 1 heterocycles. The standard InChI is InChI=1S/C13H24N4/c1-16(13-6-4-3-5-12(13)14)8-7-11-9-15-17(2)10-11/h9-10,12-13H,3-8,14H2,1-2H3. The maximum atomic E-state index is 6.19. The minimum absolute atomic E-state index is 0.364. The van der Waals surface area contributed by atoms with Crippen molar-refractivity contribution in [2.45, 2.75) is 44.2 Å². The van der Waals surface area contributed by atoms with Crippen LogP contribution in [0.4, 0.5) is 0 Å². The summed E-state index contributed by atoms with van der Waals surface area (Å²) in [5.41, 5.74) is 7.50. The van der Waals surface area contributed by atoms with Crippen LogP contribution in [0.3, 0.4) is 0 Å². The van der Waals surface area contributed by atoms with E-state index < -0.39 is 0 Å². The van der Waals surface area contributed by atoms with Crippen molar-refractivity contribution in [3.8, 4) is 0 Å². The van der Waals surface area contributed by atoms with Crippen molar-refractivity contribution in [2.75, 3.05) is 13.6 Å². The first-order chi connectivity index (χ1) is 8.16. The topological polar surface area (TPSA) is 47.1 Å². The molecule has 0 bridgehead atoms. The first-order valence-corrected chi connectivity index (χ1v) is 6.60. The highest BCUT2D eigenvalue weighted by atomic mass is 15.2. The lowest BCUT2D eigenvalue weighted by Crippen LogP contribution is -2.48. The fourth-order valence-electron chi connectivity index (χ4n) is 2.76. The Kier molecular flexibility index (Phi) is 4.18. The van der Waals surface area contributed by atoms with Crippen LogP contribution >= 0.6 is 0 Å².